The lowest BCUT2D eigenvalue weighted by Gasteiger charge is -1.99. The van der Waals surface area contributed by atoms with E-state index in [-0.39, 0.29) is 12.2 Å². The first-order valence-corrected chi connectivity index (χ1v) is 6.15. The van der Waals surface area contributed by atoms with E-state index in [4.69, 9.17) is 5.26 Å². The number of benzene rings is 1. The fourth-order valence-electron chi connectivity index (χ4n) is 1.28. The normalized spacial score (nSPS) is 10.1. The number of halogens is 2. The minimum absolute atomic E-state index is 0.264. The standard InChI is InChI=1S/C11H6BrFN2S/c12-7-1-2-9(13)8(5-7)10-6-16-11(15-10)3-4-14/h1-2,5-6H,3H2. The van der Waals surface area contributed by atoms with Crippen LogP contribution in [0, 0.1) is 17.1 Å². The number of nitrogens with zero attached hydrogens (tertiary/aromatic N) is 2. The summed E-state index contributed by atoms with van der Waals surface area (Å²) in [5, 5.41) is 11.0. The van der Waals surface area contributed by atoms with Crippen LogP contribution in [0.2, 0.25) is 0 Å². The second kappa shape index (κ2) is 4.73. The lowest BCUT2D eigenvalue weighted by molar-refractivity contribution is 0.630. The predicted octanol–water partition coefficient (Wildman–Crippen LogP) is 3.78. The van der Waals surface area contributed by atoms with Gasteiger partial charge in [-0.25, -0.2) is 9.37 Å². The molecule has 2 nitrogen and oxygen atoms in total. The van der Waals surface area contributed by atoms with Gasteiger partial charge in [-0.15, -0.1) is 11.3 Å². The van der Waals surface area contributed by atoms with Gasteiger partial charge in [0.05, 0.1) is 18.2 Å². The highest BCUT2D eigenvalue weighted by Gasteiger charge is 2.09. The first kappa shape index (κ1) is 11.2. The summed E-state index contributed by atoms with van der Waals surface area (Å²) in [6.07, 6.45) is 0.264. The summed E-state index contributed by atoms with van der Waals surface area (Å²) < 4.78 is 14.3. The van der Waals surface area contributed by atoms with E-state index in [1.165, 1.54) is 17.4 Å². The molecule has 80 valence electrons. The van der Waals surface area contributed by atoms with E-state index in [9.17, 15) is 4.39 Å². The van der Waals surface area contributed by atoms with E-state index in [0.29, 0.717) is 16.3 Å². The largest absolute Gasteiger partial charge is 0.240 e. The van der Waals surface area contributed by atoms with Crippen LogP contribution in [0.25, 0.3) is 11.3 Å². The third-order valence-electron chi connectivity index (χ3n) is 1.99. The Kier molecular flexibility index (Phi) is 3.32. The van der Waals surface area contributed by atoms with Crippen molar-refractivity contribution in [2.24, 2.45) is 0 Å². The smallest absolute Gasteiger partial charge is 0.132 e. The maximum Gasteiger partial charge on any atom is 0.132 e. The van der Waals surface area contributed by atoms with Gasteiger partial charge in [-0.05, 0) is 18.2 Å². The second-order valence-corrected chi connectivity index (χ2v) is 4.94. The third kappa shape index (κ3) is 2.29. The summed E-state index contributed by atoms with van der Waals surface area (Å²) in [5.74, 6) is -0.308. The molecule has 0 spiro atoms. The van der Waals surface area contributed by atoms with E-state index < -0.39 is 0 Å². The molecule has 0 saturated carbocycles. The monoisotopic (exact) mass is 296 g/mol. The molecule has 0 aliphatic heterocycles. The van der Waals surface area contributed by atoms with Gasteiger partial charge in [0.1, 0.15) is 10.8 Å². The molecule has 0 aliphatic carbocycles. The van der Waals surface area contributed by atoms with Gasteiger partial charge in [-0.3, -0.25) is 0 Å². The topological polar surface area (TPSA) is 36.7 Å². The Labute approximate surface area is 105 Å². The van der Waals surface area contributed by atoms with E-state index in [1.807, 2.05) is 6.07 Å². The van der Waals surface area contributed by atoms with Crippen LogP contribution in [0.5, 0.6) is 0 Å². The minimum Gasteiger partial charge on any atom is -0.240 e. The van der Waals surface area contributed by atoms with Crippen molar-refractivity contribution in [2.75, 3.05) is 0 Å². The Morgan fingerprint density at radius 1 is 1.50 bits per heavy atom. The summed E-state index contributed by atoms with van der Waals surface area (Å²) in [7, 11) is 0. The number of thiazole rings is 1. The molecule has 0 aliphatic rings. The highest BCUT2D eigenvalue weighted by molar-refractivity contribution is 9.10. The number of hydrogen-bond donors (Lipinski definition) is 0. The Balaban J connectivity index is 2.42. The molecule has 0 atom stereocenters. The molecule has 0 fully saturated rings. The quantitative estimate of drug-likeness (QED) is 0.846. The molecule has 16 heavy (non-hydrogen) atoms. The van der Waals surface area contributed by atoms with Gasteiger partial charge in [-0.1, -0.05) is 15.9 Å². The zero-order valence-electron chi connectivity index (χ0n) is 8.08. The SMILES string of the molecule is N#CCc1nc(-c2cc(Br)ccc2F)cs1. The zero-order valence-corrected chi connectivity index (χ0v) is 10.5. The van der Waals surface area contributed by atoms with Crippen LogP contribution in [0.4, 0.5) is 4.39 Å². The van der Waals surface area contributed by atoms with Crippen LogP contribution in [-0.4, -0.2) is 4.98 Å². The van der Waals surface area contributed by atoms with Crippen molar-refractivity contribution in [1.82, 2.24) is 4.98 Å². The van der Waals surface area contributed by atoms with Crippen molar-refractivity contribution >= 4 is 27.3 Å². The van der Waals surface area contributed by atoms with Crippen LogP contribution >= 0.6 is 27.3 Å². The summed E-state index contributed by atoms with van der Waals surface area (Å²) in [4.78, 5) is 4.21. The molecular weight excluding hydrogens is 291 g/mol. The van der Waals surface area contributed by atoms with Gasteiger partial charge in [0.25, 0.3) is 0 Å². The van der Waals surface area contributed by atoms with Gasteiger partial charge in [0.15, 0.2) is 0 Å². The summed E-state index contributed by atoms with van der Waals surface area (Å²) >= 11 is 4.66. The summed E-state index contributed by atoms with van der Waals surface area (Å²) in [6.45, 7) is 0. The Hall–Kier alpha value is -1.25. The Bertz CT molecular complexity index is 559. The lowest BCUT2D eigenvalue weighted by Crippen LogP contribution is -1.86. The number of aromatic nitrogens is 1. The average molecular weight is 297 g/mol. The third-order valence-corrected chi connectivity index (χ3v) is 3.33. The molecule has 2 aromatic rings. The molecule has 2 rings (SSSR count). The maximum atomic E-state index is 13.5. The first-order valence-electron chi connectivity index (χ1n) is 4.47. The second-order valence-electron chi connectivity index (χ2n) is 3.09. The van der Waals surface area contributed by atoms with Crippen molar-refractivity contribution in [3.8, 4) is 17.3 Å². The first-order chi connectivity index (χ1) is 7.70. The Morgan fingerprint density at radius 3 is 3.06 bits per heavy atom. The molecule has 0 N–H and O–H groups in total. The average Bonchev–Trinajstić information content (AvgIpc) is 2.71. The molecule has 0 saturated heterocycles. The minimum atomic E-state index is -0.308. The van der Waals surface area contributed by atoms with Crippen LogP contribution in [0.3, 0.4) is 0 Å². The molecule has 0 radical (unpaired) electrons. The maximum absolute atomic E-state index is 13.5. The van der Waals surface area contributed by atoms with Crippen molar-refractivity contribution in [2.45, 2.75) is 6.42 Å². The van der Waals surface area contributed by atoms with E-state index >= 15 is 0 Å². The van der Waals surface area contributed by atoms with E-state index in [2.05, 4.69) is 20.9 Å². The predicted molar refractivity (Wildman–Crippen MR) is 64.5 cm³/mol. The Morgan fingerprint density at radius 2 is 2.31 bits per heavy atom. The highest BCUT2D eigenvalue weighted by atomic mass is 79.9. The van der Waals surface area contributed by atoms with Gasteiger partial charge in [0.2, 0.25) is 0 Å². The van der Waals surface area contributed by atoms with Gasteiger partial charge < -0.3 is 0 Å². The molecule has 5 heteroatoms. The van der Waals surface area contributed by atoms with Crippen molar-refractivity contribution in [1.29, 1.82) is 5.26 Å². The van der Waals surface area contributed by atoms with Crippen LogP contribution in [-0.2, 0) is 6.42 Å². The van der Waals surface area contributed by atoms with Gasteiger partial charge >= 0.3 is 0 Å². The van der Waals surface area contributed by atoms with Crippen LogP contribution in [0.15, 0.2) is 28.1 Å². The molecule has 1 heterocycles. The fourth-order valence-corrected chi connectivity index (χ4v) is 2.36. The molecule has 0 amide bonds. The van der Waals surface area contributed by atoms with Gasteiger partial charge in [0, 0.05) is 15.4 Å². The fraction of sp³-hybridized carbons (Fsp3) is 0.0909. The van der Waals surface area contributed by atoms with Crippen molar-refractivity contribution in [3.05, 3.63) is 38.9 Å². The van der Waals surface area contributed by atoms with E-state index in [1.54, 1.807) is 17.5 Å². The van der Waals surface area contributed by atoms with Crippen molar-refractivity contribution in [3.63, 3.8) is 0 Å². The van der Waals surface area contributed by atoms with Crippen LogP contribution < -0.4 is 0 Å². The number of nitriles is 1. The highest BCUT2D eigenvalue weighted by Crippen LogP contribution is 2.27. The van der Waals surface area contributed by atoms with Gasteiger partial charge in [-0.2, -0.15) is 5.26 Å². The molecule has 1 aromatic heterocycles. The molecule has 0 bridgehead atoms. The number of rotatable bonds is 2. The van der Waals surface area contributed by atoms with Crippen LogP contribution in [0.1, 0.15) is 5.01 Å². The lowest BCUT2D eigenvalue weighted by atomic mass is 10.1. The molecule has 0 unspecified atom stereocenters. The zero-order chi connectivity index (χ0) is 11.5. The molecule has 1 aromatic carbocycles. The number of hydrogen-bond acceptors (Lipinski definition) is 3. The van der Waals surface area contributed by atoms with E-state index in [0.717, 1.165) is 4.47 Å². The summed E-state index contributed by atoms with van der Waals surface area (Å²) in [5.41, 5.74) is 1.03. The summed E-state index contributed by atoms with van der Waals surface area (Å²) in [6, 6.07) is 6.73. The van der Waals surface area contributed by atoms with Crippen molar-refractivity contribution < 1.29 is 4.39 Å². The molecular formula is C11H6BrFN2S.